The van der Waals surface area contributed by atoms with Gasteiger partial charge in [0, 0.05) is 6.04 Å². The van der Waals surface area contributed by atoms with Gasteiger partial charge in [-0.15, -0.1) is 0 Å². The van der Waals surface area contributed by atoms with E-state index in [0.717, 1.165) is 37.7 Å². The predicted octanol–water partition coefficient (Wildman–Crippen LogP) is 3.63. The molecule has 2 aromatic rings. The fourth-order valence-corrected chi connectivity index (χ4v) is 4.78. The van der Waals surface area contributed by atoms with Crippen molar-refractivity contribution in [1.29, 1.82) is 0 Å². The summed E-state index contributed by atoms with van der Waals surface area (Å²) >= 11 is 0. The number of anilines is 1. The quantitative estimate of drug-likeness (QED) is 0.664. The lowest BCUT2D eigenvalue weighted by molar-refractivity contribution is -0.118. The van der Waals surface area contributed by atoms with Gasteiger partial charge in [0.05, 0.1) is 17.7 Å². The lowest BCUT2D eigenvalue weighted by Crippen LogP contribution is -2.36. The molecule has 162 valence electrons. The third-order valence-corrected chi connectivity index (χ3v) is 6.60. The normalized spacial score (nSPS) is 14.9. The summed E-state index contributed by atoms with van der Waals surface area (Å²) in [6.07, 6.45) is 5.02. The zero-order chi connectivity index (χ0) is 21.6. The zero-order valence-corrected chi connectivity index (χ0v) is 18.1. The van der Waals surface area contributed by atoms with Gasteiger partial charge in [-0.1, -0.05) is 25.3 Å². The molecule has 1 amide bonds. The van der Waals surface area contributed by atoms with Gasteiger partial charge in [-0.25, -0.2) is 13.1 Å². The van der Waals surface area contributed by atoms with Crippen LogP contribution in [0.3, 0.4) is 0 Å². The first kappa shape index (κ1) is 22.1. The van der Waals surface area contributed by atoms with Gasteiger partial charge in [0.2, 0.25) is 10.0 Å². The van der Waals surface area contributed by atoms with Crippen molar-refractivity contribution in [2.24, 2.45) is 0 Å². The van der Waals surface area contributed by atoms with E-state index >= 15 is 0 Å². The first-order valence-corrected chi connectivity index (χ1v) is 11.6. The van der Waals surface area contributed by atoms with Gasteiger partial charge in [0.25, 0.3) is 5.91 Å². The average molecular weight is 433 g/mol. The van der Waals surface area contributed by atoms with Crippen molar-refractivity contribution in [3.8, 4) is 11.5 Å². The van der Waals surface area contributed by atoms with Crippen LogP contribution in [-0.2, 0) is 14.8 Å². The number of methoxy groups -OCH3 is 1. The molecule has 0 aliphatic heterocycles. The van der Waals surface area contributed by atoms with Crippen LogP contribution in [0.4, 0.5) is 5.69 Å². The largest absolute Gasteiger partial charge is 0.495 e. The topological polar surface area (TPSA) is 93.7 Å². The zero-order valence-electron chi connectivity index (χ0n) is 17.3. The molecule has 8 heteroatoms. The lowest BCUT2D eigenvalue weighted by atomic mass is 9.96. The van der Waals surface area contributed by atoms with Gasteiger partial charge in [0.15, 0.2) is 6.61 Å². The molecule has 0 atom stereocenters. The Hall–Kier alpha value is -2.58. The van der Waals surface area contributed by atoms with Gasteiger partial charge in [-0.05, 0) is 61.7 Å². The number of hydrogen-bond donors (Lipinski definition) is 2. The Morgan fingerprint density at radius 2 is 1.77 bits per heavy atom. The van der Waals surface area contributed by atoms with Gasteiger partial charge >= 0.3 is 0 Å². The summed E-state index contributed by atoms with van der Waals surface area (Å²) in [5, 5.41) is 2.76. The summed E-state index contributed by atoms with van der Waals surface area (Å²) in [4.78, 5) is 12.4. The van der Waals surface area contributed by atoms with E-state index in [2.05, 4.69) is 10.0 Å². The highest BCUT2D eigenvalue weighted by atomic mass is 32.2. The molecule has 0 spiro atoms. The Labute approximate surface area is 177 Å². The van der Waals surface area contributed by atoms with Crippen molar-refractivity contribution in [2.45, 2.75) is 50.0 Å². The maximum absolute atomic E-state index is 12.5. The number of benzene rings is 2. The third kappa shape index (κ3) is 5.96. The minimum Gasteiger partial charge on any atom is -0.495 e. The van der Waals surface area contributed by atoms with Gasteiger partial charge in [0.1, 0.15) is 11.5 Å². The Morgan fingerprint density at radius 3 is 2.43 bits per heavy atom. The first-order chi connectivity index (χ1) is 14.4. The maximum atomic E-state index is 12.5. The van der Waals surface area contributed by atoms with Crippen LogP contribution in [0.1, 0.15) is 37.7 Å². The summed E-state index contributed by atoms with van der Waals surface area (Å²) in [5.74, 6) is 0.640. The lowest BCUT2D eigenvalue weighted by Gasteiger charge is -2.22. The molecule has 1 saturated carbocycles. The van der Waals surface area contributed by atoms with Gasteiger partial charge in [-0.2, -0.15) is 0 Å². The number of aryl methyl sites for hydroxylation is 1. The molecule has 0 aromatic heterocycles. The highest BCUT2D eigenvalue weighted by Crippen LogP contribution is 2.25. The summed E-state index contributed by atoms with van der Waals surface area (Å²) in [7, 11) is -2.02. The molecule has 30 heavy (non-hydrogen) atoms. The molecule has 1 aliphatic rings. The summed E-state index contributed by atoms with van der Waals surface area (Å²) in [6, 6.07) is 11.6. The standard InChI is InChI=1S/C22H28N2O5S/c1-16-8-13-21(28-2)20(14-16)23-22(25)15-29-18-9-11-19(12-10-18)30(26,27)24-17-6-4-3-5-7-17/h8-14,17,24H,3-7,15H2,1-2H3,(H,23,25). The smallest absolute Gasteiger partial charge is 0.262 e. The number of amides is 1. The highest BCUT2D eigenvalue weighted by molar-refractivity contribution is 7.89. The van der Waals surface area contributed by atoms with E-state index in [0.29, 0.717) is 17.2 Å². The van der Waals surface area contributed by atoms with E-state index in [1.807, 2.05) is 19.1 Å². The SMILES string of the molecule is COc1ccc(C)cc1NC(=O)COc1ccc(S(=O)(=O)NC2CCCCC2)cc1. The summed E-state index contributed by atoms with van der Waals surface area (Å²) in [5.41, 5.74) is 1.56. The number of carbonyl (C=O) groups is 1. The highest BCUT2D eigenvalue weighted by Gasteiger charge is 2.21. The number of nitrogens with one attached hydrogen (secondary N) is 2. The second-order valence-corrected chi connectivity index (χ2v) is 9.18. The molecule has 3 rings (SSSR count). The predicted molar refractivity (Wildman–Crippen MR) is 115 cm³/mol. The number of hydrogen-bond acceptors (Lipinski definition) is 5. The van der Waals surface area contributed by atoms with E-state index in [1.54, 1.807) is 18.2 Å². The van der Waals surface area contributed by atoms with E-state index < -0.39 is 10.0 Å². The molecule has 2 aromatic carbocycles. The number of ether oxygens (including phenoxy) is 2. The van der Waals surface area contributed by atoms with Crippen LogP contribution in [-0.4, -0.2) is 34.1 Å². The van der Waals surface area contributed by atoms with Crippen LogP contribution < -0.4 is 19.5 Å². The van der Waals surface area contributed by atoms with Gasteiger partial charge < -0.3 is 14.8 Å². The fourth-order valence-electron chi connectivity index (χ4n) is 3.48. The second kappa shape index (κ2) is 9.95. The van der Waals surface area contributed by atoms with Crippen molar-refractivity contribution in [3.63, 3.8) is 0 Å². The number of rotatable bonds is 8. The molecule has 2 N–H and O–H groups in total. The molecule has 0 heterocycles. The molecule has 0 saturated heterocycles. The van der Waals surface area contributed by atoms with Crippen molar-refractivity contribution in [2.75, 3.05) is 19.0 Å². The molecule has 1 fully saturated rings. The first-order valence-electron chi connectivity index (χ1n) is 10.1. The monoisotopic (exact) mass is 432 g/mol. The minimum atomic E-state index is -3.56. The van der Waals surface area contributed by atoms with Crippen molar-refractivity contribution in [1.82, 2.24) is 4.72 Å². The molecule has 1 aliphatic carbocycles. The molecule has 0 unspecified atom stereocenters. The summed E-state index contributed by atoms with van der Waals surface area (Å²) < 4.78 is 38.6. The molecular weight excluding hydrogens is 404 g/mol. The van der Waals surface area contributed by atoms with E-state index in [4.69, 9.17) is 9.47 Å². The third-order valence-electron chi connectivity index (χ3n) is 5.06. The Balaban J connectivity index is 1.55. The van der Waals surface area contributed by atoms with Crippen LogP contribution in [0, 0.1) is 6.92 Å². The average Bonchev–Trinajstić information content (AvgIpc) is 2.73. The number of carbonyl (C=O) groups excluding carboxylic acids is 1. The molecule has 7 nitrogen and oxygen atoms in total. The maximum Gasteiger partial charge on any atom is 0.262 e. The van der Waals surface area contributed by atoms with Crippen molar-refractivity contribution < 1.29 is 22.7 Å². The Bertz CT molecular complexity index is 968. The van der Waals surface area contributed by atoms with E-state index in [1.165, 1.54) is 19.2 Å². The van der Waals surface area contributed by atoms with Crippen LogP contribution in [0.2, 0.25) is 0 Å². The molecular formula is C22H28N2O5S. The molecule has 0 bridgehead atoms. The van der Waals surface area contributed by atoms with Crippen LogP contribution in [0.5, 0.6) is 11.5 Å². The molecule has 0 radical (unpaired) electrons. The fraction of sp³-hybridized carbons (Fsp3) is 0.409. The van der Waals surface area contributed by atoms with Crippen LogP contribution >= 0.6 is 0 Å². The van der Waals surface area contributed by atoms with E-state index in [-0.39, 0.29) is 23.5 Å². The number of sulfonamides is 1. The summed E-state index contributed by atoms with van der Waals surface area (Å²) in [6.45, 7) is 1.72. The Morgan fingerprint density at radius 1 is 1.07 bits per heavy atom. The van der Waals surface area contributed by atoms with Gasteiger partial charge in [-0.3, -0.25) is 4.79 Å². The van der Waals surface area contributed by atoms with E-state index in [9.17, 15) is 13.2 Å². The van der Waals surface area contributed by atoms with Crippen molar-refractivity contribution in [3.05, 3.63) is 48.0 Å². The minimum absolute atomic E-state index is 0.00184. The van der Waals surface area contributed by atoms with Crippen LogP contribution in [0.15, 0.2) is 47.4 Å². The van der Waals surface area contributed by atoms with Crippen molar-refractivity contribution >= 4 is 21.6 Å². The second-order valence-electron chi connectivity index (χ2n) is 7.47. The van der Waals surface area contributed by atoms with Crippen LogP contribution in [0.25, 0.3) is 0 Å². The Kier molecular flexibility index (Phi) is 7.33.